The zero-order valence-electron chi connectivity index (χ0n) is 18.0. The van der Waals surface area contributed by atoms with Crippen LogP contribution in [0.25, 0.3) is 0 Å². The molecule has 2 amide bonds. The van der Waals surface area contributed by atoms with E-state index in [1.807, 2.05) is 17.2 Å². The molecular formula is C22H21BrClN5O4S. The van der Waals surface area contributed by atoms with Gasteiger partial charge < -0.3 is 25.0 Å². The third-order valence-electron chi connectivity index (χ3n) is 5.52. The SMILES string of the molecule is N#CN=C1CCOCCN1c1ccc(NC(=O)C2(NC(=O)c3ccc(Cl)s3)CCOC2)cc1Br. The Kier molecular flexibility index (Phi) is 7.85. The Morgan fingerprint density at radius 1 is 1.24 bits per heavy atom. The Morgan fingerprint density at radius 3 is 2.76 bits per heavy atom. The maximum absolute atomic E-state index is 13.3. The number of carbonyl (C=O) groups is 2. The highest BCUT2D eigenvalue weighted by atomic mass is 79.9. The number of amides is 2. The van der Waals surface area contributed by atoms with Crippen molar-refractivity contribution in [2.75, 3.05) is 43.2 Å². The molecule has 1 atom stereocenters. The van der Waals surface area contributed by atoms with Crippen LogP contribution in [-0.4, -0.2) is 56.2 Å². The van der Waals surface area contributed by atoms with Gasteiger partial charge in [-0.2, -0.15) is 10.3 Å². The molecule has 2 saturated heterocycles. The molecule has 1 aromatic carbocycles. The molecule has 1 aromatic heterocycles. The molecule has 0 aliphatic carbocycles. The van der Waals surface area contributed by atoms with Gasteiger partial charge in [0.1, 0.15) is 11.4 Å². The molecule has 12 heteroatoms. The van der Waals surface area contributed by atoms with Crippen LogP contribution in [0.3, 0.4) is 0 Å². The van der Waals surface area contributed by atoms with E-state index in [1.165, 1.54) is 0 Å². The highest BCUT2D eigenvalue weighted by molar-refractivity contribution is 9.10. The molecule has 0 bridgehead atoms. The summed E-state index contributed by atoms with van der Waals surface area (Å²) in [5.74, 6) is -0.117. The molecule has 2 aliphatic heterocycles. The average Bonchev–Trinajstić information content (AvgIpc) is 3.40. The number of hydrogen-bond donors (Lipinski definition) is 2. The second kappa shape index (κ2) is 10.8. The summed E-state index contributed by atoms with van der Waals surface area (Å²) in [7, 11) is 0. The maximum Gasteiger partial charge on any atom is 0.262 e. The van der Waals surface area contributed by atoms with Crippen LogP contribution in [-0.2, 0) is 14.3 Å². The molecule has 4 rings (SSSR count). The van der Waals surface area contributed by atoms with Crippen LogP contribution >= 0.6 is 38.9 Å². The Balaban J connectivity index is 1.51. The number of rotatable bonds is 5. The van der Waals surface area contributed by atoms with Crippen LogP contribution in [0.2, 0.25) is 4.34 Å². The molecule has 2 aliphatic rings. The zero-order valence-corrected chi connectivity index (χ0v) is 21.1. The smallest absolute Gasteiger partial charge is 0.262 e. The number of aliphatic imine (C=N–C) groups is 1. The molecule has 178 valence electrons. The Morgan fingerprint density at radius 2 is 2.09 bits per heavy atom. The van der Waals surface area contributed by atoms with Gasteiger partial charge in [-0.25, -0.2) is 0 Å². The van der Waals surface area contributed by atoms with Gasteiger partial charge in [0.2, 0.25) is 6.19 Å². The van der Waals surface area contributed by atoms with E-state index in [1.54, 1.807) is 24.3 Å². The number of ether oxygens (including phenoxy) is 2. The molecule has 9 nitrogen and oxygen atoms in total. The quantitative estimate of drug-likeness (QED) is 0.532. The summed E-state index contributed by atoms with van der Waals surface area (Å²) in [6.45, 7) is 1.98. The Bertz CT molecular complexity index is 1160. The van der Waals surface area contributed by atoms with Crippen LogP contribution < -0.4 is 15.5 Å². The molecule has 34 heavy (non-hydrogen) atoms. The number of thiophene rings is 1. The van der Waals surface area contributed by atoms with Crippen LogP contribution in [0.15, 0.2) is 39.8 Å². The fourth-order valence-electron chi connectivity index (χ4n) is 3.79. The van der Waals surface area contributed by atoms with Crippen molar-refractivity contribution in [1.29, 1.82) is 5.26 Å². The van der Waals surface area contributed by atoms with Crippen LogP contribution in [0.4, 0.5) is 11.4 Å². The van der Waals surface area contributed by atoms with E-state index in [-0.39, 0.29) is 18.4 Å². The van der Waals surface area contributed by atoms with Crippen molar-refractivity contribution in [2.24, 2.45) is 4.99 Å². The summed E-state index contributed by atoms with van der Waals surface area (Å²) < 4.78 is 12.2. The van der Waals surface area contributed by atoms with Crippen molar-refractivity contribution in [3.63, 3.8) is 0 Å². The number of carbonyl (C=O) groups excluding carboxylic acids is 2. The second-order valence-electron chi connectivity index (χ2n) is 7.70. The van der Waals surface area contributed by atoms with Gasteiger partial charge in [-0.15, -0.1) is 11.3 Å². The van der Waals surface area contributed by atoms with Gasteiger partial charge in [-0.3, -0.25) is 9.59 Å². The number of nitrogens with one attached hydrogen (secondary N) is 2. The fraction of sp³-hybridized carbons (Fsp3) is 0.364. The molecule has 3 heterocycles. The lowest BCUT2D eigenvalue weighted by Crippen LogP contribution is -2.57. The first-order valence-corrected chi connectivity index (χ1v) is 12.5. The highest BCUT2D eigenvalue weighted by Gasteiger charge is 2.44. The van der Waals surface area contributed by atoms with Gasteiger partial charge in [-0.05, 0) is 46.3 Å². The monoisotopic (exact) mass is 565 g/mol. The van der Waals surface area contributed by atoms with Crippen molar-refractivity contribution in [2.45, 2.75) is 18.4 Å². The highest BCUT2D eigenvalue weighted by Crippen LogP contribution is 2.32. The van der Waals surface area contributed by atoms with Crippen molar-refractivity contribution in [1.82, 2.24) is 5.32 Å². The average molecular weight is 567 g/mol. The predicted octanol–water partition coefficient (Wildman–Crippen LogP) is 3.80. The number of hydrogen-bond acceptors (Lipinski definition) is 7. The van der Waals surface area contributed by atoms with E-state index < -0.39 is 5.54 Å². The van der Waals surface area contributed by atoms with Gasteiger partial charge in [0.25, 0.3) is 11.8 Å². The van der Waals surface area contributed by atoms with E-state index >= 15 is 0 Å². The van der Waals surface area contributed by atoms with Crippen molar-refractivity contribution >= 4 is 67.9 Å². The first-order chi connectivity index (χ1) is 16.4. The number of amidine groups is 1. The minimum atomic E-state index is -1.19. The molecule has 2 fully saturated rings. The summed E-state index contributed by atoms with van der Waals surface area (Å²) in [4.78, 5) is 32.3. The molecule has 0 radical (unpaired) electrons. The summed E-state index contributed by atoms with van der Waals surface area (Å²) in [5, 5.41) is 14.8. The van der Waals surface area contributed by atoms with Gasteiger partial charge in [0, 0.05) is 36.2 Å². The summed E-state index contributed by atoms with van der Waals surface area (Å²) >= 11 is 10.7. The van der Waals surface area contributed by atoms with Gasteiger partial charge >= 0.3 is 0 Å². The number of anilines is 2. The maximum atomic E-state index is 13.3. The lowest BCUT2D eigenvalue weighted by atomic mass is 9.97. The standard InChI is InChI=1S/C22H21BrClN5O4S/c23-15-11-14(1-2-16(15)29-7-10-32-8-5-19(29)26-13-25)27-21(31)22(6-9-33-12-22)28-20(30)17-3-4-18(24)34-17/h1-4,11H,5-10,12H2,(H,27,31)(H,28,30). The van der Waals surface area contributed by atoms with E-state index in [9.17, 15) is 9.59 Å². The van der Waals surface area contributed by atoms with E-state index in [0.29, 0.717) is 64.4 Å². The van der Waals surface area contributed by atoms with Gasteiger partial charge in [0.15, 0.2) is 0 Å². The first-order valence-electron chi connectivity index (χ1n) is 10.5. The van der Waals surface area contributed by atoms with Gasteiger partial charge in [0.05, 0.1) is 34.7 Å². The Hall–Kier alpha value is -2.49. The van der Waals surface area contributed by atoms with Crippen LogP contribution in [0.1, 0.15) is 22.5 Å². The second-order valence-corrected chi connectivity index (χ2v) is 10.3. The normalized spacial score (nSPS) is 21.7. The van der Waals surface area contributed by atoms with Crippen LogP contribution in [0.5, 0.6) is 0 Å². The summed E-state index contributed by atoms with van der Waals surface area (Å²) in [6.07, 6.45) is 2.73. The largest absolute Gasteiger partial charge is 0.379 e. The van der Waals surface area contributed by atoms with Crippen molar-refractivity contribution in [3.05, 3.63) is 44.0 Å². The lowest BCUT2D eigenvalue weighted by molar-refractivity contribution is -0.122. The number of nitrogens with zero attached hydrogens (tertiary/aromatic N) is 3. The van der Waals surface area contributed by atoms with Crippen molar-refractivity contribution < 1.29 is 19.1 Å². The predicted molar refractivity (Wildman–Crippen MR) is 134 cm³/mol. The number of benzene rings is 1. The molecule has 0 spiro atoms. The molecule has 0 saturated carbocycles. The Labute approximate surface area is 213 Å². The third-order valence-corrected chi connectivity index (χ3v) is 7.39. The molecule has 2 aromatic rings. The van der Waals surface area contributed by atoms with Gasteiger partial charge in [-0.1, -0.05) is 11.6 Å². The minimum absolute atomic E-state index is 0.0741. The minimum Gasteiger partial charge on any atom is -0.379 e. The first kappa shape index (κ1) is 24.6. The molecule has 2 N–H and O–H groups in total. The van der Waals surface area contributed by atoms with E-state index in [4.69, 9.17) is 26.3 Å². The molecule has 1 unspecified atom stereocenters. The zero-order chi connectivity index (χ0) is 24.1. The van der Waals surface area contributed by atoms with Crippen molar-refractivity contribution in [3.8, 4) is 6.19 Å². The summed E-state index contributed by atoms with van der Waals surface area (Å²) in [6, 6.07) is 8.63. The topological polar surface area (TPSA) is 116 Å². The third kappa shape index (κ3) is 5.42. The van der Waals surface area contributed by atoms with E-state index in [0.717, 1.165) is 17.0 Å². The number of halogens is 2. The fourth-order valence-corrected chi connectivity index (χ4v) is 5.32. The van der Waals surface area contributed by atoms with E-state index in [2.05, 4.69) is 31.6 Å². The molecular weight excluding hydrogens is 546 g/mol. The lowest BCUT2D eigenvalue weighted by Gasteiger charge is -2.28. The number of nitriles is 1. The summed E-state index contributed by atoms with van der Waals surface area (Å²) in [5.41, 5.74) is 0.164. The van der Waals surface area contributed by atoms with Crippen LogP contribution in [0, 0.1) is 11.5 Å².